The van der Waals surface area contributed by atoms with E-state index in [0.717, 1.165) is 83.5 Å². The van der Waals surface area contributed by atoms with Crippen LogP contribution in [-0.2, 0) is 28.6 Å². The fourth-order valence-corrected chi connectivity index (χ4v) is 6.56. The Morgan fingerprint density at radius 1 is 0.508 bits per heavy atom. The Morgan fingerprint density at radius 3 is 1.39 bits per heavy atom. The Morgan fingerprint density at radius 2 is 0.918 bits per heavy atom. The number of esters is 2. The molecule has 0 heterocycles. The molecule has 0 aromatic carbocycles. The lowest BCUT2D eigenvalue weighted by Crippen LogP contribution is -2.50. The smallest absolute Gasteiger partial charge is 0.362 e. The Balaban J connectivity index is 4.37. The summed E-state index contributed by atoms with van der Waals surface area (Å²) in [6.07, 6.45) is 56.2. The largest absolute Gasteiger partial charge is 0.477 e. The van der Waals surface area contributed by atoms with Crippen LogP contribution in [0.15, 0.2) is 85.1 Å². The Labute approximate surface area is 373 Å². The van der Waals surface area contributed by atoms with Gasteiger partial charge in [-0.3, -0.25) is 9.59 Å². The predicted octanol–water partition coefficient (Wildman–Crippen LogP) is 13.7. The molecule has 0 aliphatic heterocycles. The normalized spacial score (nSPS) is 13.7. The van der Waals surface area contributed by atoms with E-state index >= 15 is 0 Å². The lowest BCUT2D eigenvalue weighted by molar-refractivity contribution is -0.887. The van der Waals surface area contributed by atoms with Crippen LogP contribution in [0.1, 0.15) is 181 Å². The van der Waals surface area contributed by atoms with Gasteiger partial charge in [-0.2, -0.15) is 0 Å². The van der Waals surface area contributed by atoms with Crippen molar-refractivity contribution in [3.8, 4) is 0 Å². The van der Waals surface area contributed by atoms with E-state index in [0.29, 0.717) is 19.3 Å². The molecule has 0 aromatic rings. The van der Waals surface area contributed by atoms with Gasteiger partial charge in [0, 0.05) is 19.3 Å². The summed E-state index contributed by atoms with van der Waals surface area (Å²) >= 11 is 0. The number of carboxylic acids is 1. The predicted molar refractivity (Wildman–Crippen MR) is 256 cm³/mol. The number of carbonyl (C=O) groups is 3. The zero-order chi connectivity index (χ0) is 44.9. The molecule has 8 nitrogen and oxygen atoms in total. The van der Waals surface area contributed by atoms with Crippen molar-refractivity contribution in [2.45, 2.75) is 193 Å². The van der Waals surface area contributed by atoms with Crippen LogP contribution >= 0.6 is 0 Å². The average Bonchev–Trinajstić information content (AvgIpc) is 3.22. The van der Waals surface area contributed by atoms with E-state index in [1.807, 2.05) is 21.1 Å². The Bertz CT molecular complexity index is 1270. The monoisotopic (exact) mass is 853 g/mol. The highest BCUT2D eigenvalue weighted by atomic mass is 16.6. The number of unbranched alkanes of at least 4 members (excludes halogenated alkanes) is 14. The molecule has 0 bridgehead atoms. The van der Waals surface area contributed by atoms with Crippen LogP contribution in [0.5, 0.6) is 0 Å². The molecule has 0 rings (SSSR count). The van der Waals surface area contributed by atoms with Gasteiger partial charge in [0.15, 0.2) is 12.1 Å². The molecule has 0 fully saturated rings. The van der Waals surface area contributed by atoms with Gasteiger partial charge in [0.05, 0.1) is 34.4 Å². The molecular formula is C53H90NO7+. The number of quaternary nitrogens is 1. The number of aliphatic carboxylic acids is 1. The summed E-state index contributed by atoms with van der Waals surface area (Å²) in [5, 5.41) is 9.64. The van der Waals surface area contributed by atoms with Crippen molar-refractivity contribution in [1.82, 2.24) is 0 Å². The first-order valence-electron chi connectivity index (χ1n) is 24.1. The molecule has 0 saturated carbocycles. The summed E-state index contributed by atoms with van der Waals surface area (Å²) < 4.78 is 17.3. The molecule has 0 aliphatic rings. The van der Waals surface area contributed by atoms with Crippen molar-refractivity contribution in [2.24, 2.45) is 0 Å². The first-order chi connectivity index (χ1) is 29.6. The molecule has 2 atom stereocenters. The van der Waals surface area contributed by atoms with Gasteiger partial charge in [-0.15, -0.1) is 0 Å². The van der Waals surface area contributed by atoms with Crippen LogP contribution in [0.2, 0.25) is 0 Å². The minimum Gasteiger partial charge on any atom is -0.477 e. The Kier molecular flexibility index (Phi) is 40.7. The number of carbonyl (C=O) groups excluding carboxylic acids is 2. The lowest BCUT2D eigenvalue weighted by Gasteiger charge is -2.31. The fourth-order valence-electron chi connectivity index (χ4n) is 6.56. The second kappa shape index (κ2) is 43.2. The van der Waals surface area contributed by atoms with Crippen molar-refractivity contribution in [2.75, 3.05) is 41.0 Å². The summed E-state index contributed by atoms with van der Waals surface area (Å²) in [7, 11) is 5.51. The molecular weight excluding hydrogens is 763 g/mol. The van der Waals surface area contributed by atoms with E-state index < -0.39 is 18.1 Å². The lowest BCUT2D eigenvalue weighted by atomic mass is 10.1. The van der Waals surface area contributed by atoms with Gasteiger partial charge in [0.2, 0.25) is 0 Å². The van der Waals surface area contributed by atoms with E-state index in [1.165, 1.54) is 64.2 Å². The van der Waals surface area contributed by atoms with Crippen LogP contribution in [0.25, 0.3) is 0 Å². The Hall–Kier alpha value is -3.49. The van der Waals surface area contributed by atoms with Gasteiger partial charge < -0.3 is 23.8 Å². The highest BCUT2D eigenvalue weighted by Gasteiger charge is 2.31. The summed E-state index contributed by atoms with van der Waals surface area (Å²) in [5.41, 5.74) is 0. The maximum absolute atomic E-state index is 12.8. The van der Waals surface area contributed by atoms with Crippen molar-refractivity contribution in [3.05, 3.63) is 85.1 Å². The average molecular weight is 853 g/mol. The second-order valence-corrected chi connectivity index (χ2v) is 17.0. The summed E-state index contributed by atoms with van der Waals surface area (Å²) in [6, 6.07) is -0.625. The van der Waals surface area contributed by atoms with Gasteiger partial charge in [-0.1, -0.05) is 157 Å². The van der Waals surface area contributed by atoms with Crippen molar-refractivity contribution < 1.29 is 38.2 Å². The molecule has 348 valence electrons. The first-order valence-corrected chi connectivity index (χ1v) is 24.1. The number of nitrogens with zero attached hydrogens (tertiary/aromatic N) is 1. The van der Waals surface area contributed by atoms with Gasteiger partial charge in [-0.05, 0) is 89.9 Å². The number of allylic oxidation sites excluding steroid dienone is 14. The quantitative estimate of drug-likeness (QED) is 0.0283. The molecule has 2 unspecified atom stereocenters. The van der Waals surface area contributed by atoms with Crippen molar-refractivity contribution >= 4 is 17.9 Å². The maximum atomic E-state index is 12.8. The van der Waals surface area contributed by atoms with Gasteiger partial charge >= 0.3 is 17.9 Å². The molecule has 0 radical (unpaired) electrons. The minimum absolute atomic E-state index is 0.0442. The van der Waals surface area contributed by atoms with Gasteiger partial charge in [0.25, 0.3) is 0 Å². The van der Waals surface area contributed by atoms with E-state index in [4.69, 9.17) is 14.2 Å². The van der Waals surface area contributed by atoms with E-state index in [1.54, 1.807) is 0 Å². The topological polar surface area (TPSA) is 99.1 Å². The van der Waals surface area contributed by atoms with Crippen molar-refractivity contribution in [3.63, 3.8) is 0 Å². The first kappa shape index (κ1) is 57.5. The molecule has 0 aromatic heterocycles. The zero-order valence-corrected chi connectivity index (χ0v) is 39.6. The molecule has 61 heavy (non-hydrogen) atoms. The maximum Gasteiger partial charge on any atom is 0.362 e. The molecule has 0 spiro atoms. The molecule has 1 N–H and O–H groups in total. The van der Waals surface area contributed by atoms with Crippen LogP contribution in [0, 0.1) is 0 Å². The van der Waals surface area contributed by atoms with Crippen molar-refractivity contribution in [1.29, 1.82) is 0 Å². The van der Waals surface area contributed by atoms with Crippen LogP contribution in [0.3, 0.4) is 0 Å². The van der Waals surface area contributed by atoms with E-state index in [2.05, 4.69) is 98.9 Å². The van der Waals surface area contributed by atoms with Crippen LogP contribution < -0.4 is 0 Å². The molecule has 0 aliphatic carbocycles. The number of ether oxygens (including phenoxy) is 3. The summed E-state index contributed by atoms with van der Waals surface area (Å²) in [4.78, 5) is 37.1. The highest BCUT2D eigenvalue weighted by Crippen LogP contribution is 2.13. The van der Waals surface area contributed by atoms with E-state index in [-0.39, 0.29) is 36.2 Å². The van der Waals surface area contributed by atoms with E-state index in [9.17, 15) is 19.5 Å². The molecule has 0 amide bonds. The zero-order valence-electron chi connectivity index (χ0n) is 39.6. The van der Waals surface area contributed by atoms with Crippen LogP contribution in [-0.4, -0.2) is 80.6 Å². The fraction of sp³-hybridized carbons (Fsp3) is 0.679. The minimum atomic E-state index is -0.883. The summed E-state index contributed by atoms with van der Waals surface area (Å²) in [6.45, 7) is 4.56. The number of rotatable bonds is 42. The number of likely N-dealkylation sites (N-methyl/N-ethyl adjacent to an activating group) is 1. The third kappa shape index (κ3) is 41.6. The highest BCUT2D eigenvalue weighted by molar-refractivity contribution is 5.72. The standard InChI is InChI=1S/C53H89NO7/c1-6-8-10-12-14-16-18-20-22-23-24-25-26-27-28-30-31-33-35-37-39-41-43-51(55)60-48-49(47-59-46-45-50(53(57)58)54(3,4)5)61-52(56)44-42-40-38-36-34-32-29-21-19-17-15-13-11-9-7-2/h8,10,14,16-17,19-20,22,24-25,27-28,31,33,49-50H,6-7,9,11-13,15,18,21,23,26,29-30,32,34-48H2,1-5H3/p+1/b10-8+,16-14+,19-17+,22-20+,25-24+,28-27+,33-31+. The third-order valence-corrected chi connectivity index (χ3v) is 10.3. The third-order valence-electron chi connectivity index (χ3n) is 10.3. The van der Waals surface area contributed by atoms with Gasteiger partial charge in [-0.25, -0.2) is 4.79 Å². The van der Waals surface area contributed by atoms with Gasteiger partial charge in [0.1, 0.15) is 6.61 Å². The molecule has 8 heteroatoms. The summed E-state index contributed by atoms with van der Waals surface area (Å²) in [5.74, 6) is -1.52. The SMILES string of the molecule is CC/C=C/C/C=C/C/C=C/C/C=C/C/C=C/C/C=C/CCCCCC(=O)OCC(COCCC(C(=O)O)[N+](C)(C)C)OC(=O)CCCCCCCCC/C=C/CCCCCC. The number of carboxylic acid groups (broad SMARTS) is 1. The van der Waals surface area contributed by atoms with Crippen LogP contribution in [0.4, 0.5) is 0 Å². The number of hydrogen-bond donors (Lipinski definition) is 1. The number of hydrogen-bond acceptors (Lipinski definition) is 6. The molecule has 0 saturated heterocycles. The second-order valence-electron chi connectivity index (χ2n) is 17.0.